The third kappa shape index (κ3) is 3.21. The first-order valence-corrected chi connectivity index (χ1v) is 9.16. The molecule has 6 heteroatoms. The van der Waals surface area contributed by atoms with Crippen LogP contribution in [0.2, 0.25) is 0 Å². The quantitative estimate of drug-likeness (QED) is 0.476. The van der Waals surface area contributed by atoms with Crippen molar-refractivity contribution in [2.75, 3.05) is 5.32 Å². The van der Waals surface area contributed by atoms with Crippen molar-refractivity contribution < 1.29 is 9.32 Å². The third-order valence-corrected chi connectivity index (χ3v) is 4.84. The molecule has 6 nitrogen and oxygen atoms in total. The second kappa shape index (κ2) is 6.83. The molecule has 3 aromatic carbocycles. The lowest BCUT2D eigenvalue weighted by Crippen LogP contribution is -2.12. The molecule has 2 heterocycles. The zero-order chi connectivity index (χ0) is 19.8. The number of carbonyl (C=O) groups excluding carboxylic acids is 1. The van der Waals surface area contributed by atoms with E-state index in [0.717, 1.165) is 21.9 Å². The Morgan fingerprint density at radius 1 is 0.931 bits per heavy atom. The summed E-state index contributed by atoms with van der Waals surface area (Å²) in [5, 5.41) is 9.71. The lowest BCUT2D eigenvalue weighted by atomic mass is 10.1. The summed E-state index contributed by atoms with van der Waals surface area (Å²) < 4.78 is 4.96. The third-order valence-electron chi connectivity index (χ3n) is 4.84. The number of carbonyl (C=O) groups is 1. The fourth-order valence-electron chi connectivity index (χ4n) is 3.28. The summed E-state index contributed by atoms with van der Waals surface area (Å²) in [5.74, 6) is 0.845. The van der Waals surface area contributed by atoms with Crippen molar-refractivity contribution in [2.24, 2.45) is 0 Å². The first-order valence-electron chi connectivity index (χ1n) is 9.16. The van der Waals surface area contributed by atoms with E-state index in [9.17, 15) is 4.79 Å². The van der Waals surface area contributed by atoms with Crippen LogP contribution in [-0.2, 0) is 0 Å². The second-order valence-electron chi connectivity index (χ2n) is 6.78. The van der Waals surface area contributed by atoms with Crippen molar-refractivity contribution in [3.8, 4) is 11.4 Å². The van der Waals surface area contributed by atoms with Crippen molar-refractivity contribution in [3.05, 3.63) is 84.4 Å². The number of anilines is 1. The molecule has 1 N–H and O–H groups in total. The summed E-state index contributed by atoms with van der Waals surface area (Å²) in [6.07, 6.45) is 3.20. The van der Waals surface area contributed by atoms with E-state index < -0.39 is 0 Å². The Morgan fingerprint density at radius 3 is 2.59 bits per heavy atom. The van der Waals surface area contributed by atoms with E-state index in [2.05, 4.69) is 39.7 Å². The molecule has 2 aromatic heterocycles. The fourth-order valence-corrected chi connectivity index (χ4v) is 3.28. The Bertz CT molecular complexity index is 1370. The zero-order valence-corrected chi connectivity index (χ0v) is 15.6. The Balaban J connectivity index is 1.50. The Hall–Kier alpha value is -4.06. The van der Waals surface area contributed by atoms with Crippen LogP contribution in [0.5, 0.6) is 0 Å². The zero-order valence-electron chi connectivity index (χ0n) is 15.6. The normalized spacial score (nSPS) is 11.1. The molecular weight excluding hydrogens is 364 g/mol. The van der Waals surface area contributed by atoms with Crippen molar-refractivity contribution in [2.45, 2.75) is 6.92 Å². The van der Waals surface area contributed by atoms with Crippen LogP contribution < -0.4 is 5.32 Å². The van der Waals surface area contributed by atoms with Gasteiger partial charge in [0.1, 0.15) is 11.3 Å². The molecule has 0 radical (unpaired) electrons. The number of hydrogen-bond acceptors (Lipinski definition) is 5. The van der Waals surface area contributed by atoms with Gasteiger partial charge in [0.05, 0.1) is 11.7 Å². The van der Waals surface area contributed by atoms with Gasteiger partial charge in [-0.05, 0) is 42.0 Å². The highest BCUT2D eigenvalue weighted by atomic mass is 16.5. The molecule has 0 unspecified atom stereocenters. The number of fused-ring (bicyclic) bond motifs is 2. The number of benzene rings is 3. The summed E-state index contributed by atoms with van der Waals surface area (Å²) in [6, 6.07) is 19.9. The first-order chi connectivity index (χ1) is 14.2. The average molecular weight is 380 g/mol. The Morgan fingerprint density at radius 2 is 1.76 bits per heavy atom. The van der Waals surface area contributed by atoms with E-state index in [-0.39, 0.29) is 5.91 Å². The van der Waals surface area contributed by atoms with Gasteiger partial charge in [-0.25, -0.2) is 9.97 Å². The molecule has 1 amide bonds. The minimum absolute atomic E-state index is 0.271. The van der Waals surface area contributed by atoms with Crippen molar-refractivity contribution in [3.63, 3.8) is 0 Å². The minimum Gasteiger partial charge on any atom is -0.361 e. The number of nitrogens with one attached hydrogen (secondary N) is 1. The number of hydrogen-bond donors (Lipinski definition) is 1. The molecule has 0 saturated heterocycles. The maximum atomic E-state index is 12.4. The molecule has 0 atom stereocenters. The van der Waals surface area contributed by atoms with Crippen LogP contribution in [0.3, 0.4) is 0 Å². The van der Waals surface area contributed by atoms with Gasteiger partial charge in [-0.1, -0.05) is 41.6 Å². The standard InChI is InChI=1S/C23H16N4O2/c1-14-20(13-25-29-14)23(28)26-19-9-8-18-12-24-22(27-21(18)11-19)17-7-6-15-4-2-3-5-16(15)10-17/h2-13H,1H3,(H,26,28). The smallest absolute Gasteiger partial charge is 0.260 e. The summed E-state index contributed by atoms with van der Waals surface area (Å²) in [4.78, 5) is 21.6. The first kappa shape index (κ1) is 17.1. The van der Waals surface area contributed by atoms with Gasteiger partial charge in [0.25, 0.3) is 5.91 Å². The summed E-state index contributed by atoms with van der Waals surface area (Å²) in [7, 11) is 0. The molecule has 5 rings (SSSR count). The number of amides is 1. The van der Waals surface area contributed by atoms with Gasteiger partial charge in [0.2, 0.25) is 0 Å². The molecule has 0 fully saturated rings. The second-order valence-corrected chi connectivity index (χ2v) is 6.78. The molecule has 0 aliphatic heterocycles. The van der Waals surface area contributed by atoms with Gasteiger partial charge < -0.3 is 9.84 Å². The van der Waals surface area contributed by atoms with E-state index in [1.54, 1.807) is 13.1 Å². The van der Waals surface area contributed by atoms with Crippen LogP contribution in [-0.4, -0.2) is 21.0 Å². The highest BCUT2D eigenvalue weighted by molar-refractivity contribution is 6.05. The van der Waals surface area contributed by atoms with Crippen molar-refractivity contribution in [1.82, 2.24) is 15.1 Å². The number of aromatic nitrogens is 3. The summed E-state index contributed by atoms with van der Waals surface area (Å²) >= 11 is 0. The lowest BCUT2D eigenvalue weighted by Gasteiger charge is -2.07. The van der Waals surface area contributed by atoms with Gasteiger partial charge >= 0.3 is 0 Å². The molecule has 140 valence electrons. The van der Waals surface area contributed by atoms with Crippen LogP contribution in [0.4, 0.5) is 5.69 Å². The fraction of sp³-hybridized carbons (Fsp3) is 0.0435. The van der Waals surface area contributed by atoms with Gasteiger partial charge in [0.15, 0.2) is 5.82 Å². The Labute approximate surface area is 166 Å². The van der Waals surface area contributed by atoms with Gasteiger partial charge in [-0.2, -0.15) is 0 Å². The predicted molar refractivity (Wildman–Crippen MR) is 112 cm³/mol. The average Bonchev–Trinajstić information content (AvgIpc) is 3.19. The van der Waals surface area contributed by atoms with Gasteiger partial charge in [0, 0.05) is 22.8 Å². The highest BCUT2D eigenvalue weighted by Crippen LogP contribution is 2.25. The van der Waals surface area contributed by atoms with Gasteiger partial charge in [-0.3, -0.25) is 4.79 Å². The maximum Gasteiger partial charge on any atom is 0.260 e. The van der Waals surface area contributed by atoms with Crippen LogP contribution in [0.1, 0.15) is 16.1 Å². The molecular formula is C23H16N4O2. The highest BCUT2D eigenvalue weighted by Gasteiger charge is 2.13. The molecule has 0 aliphatic carbocycles. The van der Waals surface area contributed by atoms with Crippen LogP contribution in [0.25, 0.3) is 33.1 Å². The predicted octanol–water partition coefficient (Wildman–Crippen LogP) is 5.00. The molecule has 0 saturated carbocycles. The van der Waals surface area contributed by atoms with Gasteiger partial charge in [-0.15, -0.1) is 0 Å². The largest absolute Gasteiger partial charge is 0.361 e. The molecule has 29 heavy (non-hydrogen) atoms. The molecule has 0 bridgehead atoms. The minimum atomic E-state index is -0.271. The molecule has 5 aromatic rings. The van der Waals surface area contributed by atoms with Crippen molar-refractivity contribution in [1.29, 1.82) is 0 Å². The lowest BCUT2D eigenvalue weighted by molar-refractivity contribution is 0.102. The Kier molecular flexibility index (Phi) is 4.02. The summed E-state index contributed by atoms with van der Waals surface area (Å²) in [5.41, 5.74) is 2.75. The summed E-state index contributed by atoms with van der Waals surface area (Å²) in [6.45, 7) is 1.70. The maximum absolute atomic E-state index is 12.4. The van der Waals surface area contributed by atoms with E-state index in [4.69, 9.17) is 9.51 Å². The number of rotatable bonds is 3. The van der Waals surface area contributed by atoms with E-state index in [1.165, 1.54) is 11.6 Å². The van der Waals surface area contributed by atoms with E-state index >= 15 is 0 Å². The monoisotopic (exact) mass is 380 g/mol. The number of aryl methyl sites for hydroxylation is 1. The number of nitrogens with zero attached hydrogens (tertiary/aromatic N) is 3. The van der Waals surface area contributed by atoms with E-state index in [1.807, 2.05) is 36.4 Å². The molecule has 0 spiro atoms. The van der Waals surface area contributed by atoms with Crippen LogP contribution in [0, 0.1) is 6.92 Å². The van der Waals surface area contributed by atoms with Crippen LogP contribution in [0.15, 0.2) is 77.6 Å². The van der Waals surface area contributed by atoms with Crippen LogP contribution >= 0.6 is 0 Å². The SMILES string of the molecule is Cc1oncc1C(=O)Nc1ccc2cnc(-c3ccc4ccccc4c3)nc2c1. The molecule has 0 aliphatic rings. The van der Waals surface area contributed by atoms with E-state index in [0.29, 0.717) is 22.8 Å². The topological polar surface area (TPSA) is 80.9 Å². The van der Waals surface area contributed by atoms with Crippen molar-refractivity contribution >= 4 is 33.3 Å².